The summed E-state index contributed by atoms with van der Waals surface area (Å²) in [7, 11) is 0. The quantitative estimate of drug-likeness (QED) is 0.441. The summed E-state index contributed by atoms with van der Waals surface area (Å²) < 4.78 is 35.7. The number of β-amino-alcohol motifs (C(OH)–C–C–N with tert-alkyl or cyclic N) is 1. The normalized spacial score (nSPS) is 20.2. The number of alkyl halides is 2. The molecule has 9 heteroatoms. The monoisotopic (exact) mass is 428 g/mol. The van der Waals surface area contributed by atoms with Crippen molar-refractivity contribution < 1.29 is 33.3 Å². The third kappa shape index (κ3) is 7.37. The molecule has 0 amide bonds. The van der Waals surface area contributed by atoms with Gasteiger partial charge in [-0.05, 0) is 56.7 Å². The maximum Gasteiger partial charge on any atom is 0.387 e. The van der Waals surface area contributed by atoms with E-state index in [4.69, 9.17) is 9.57 Å². The average molecular weight is 428 g/mol. The Labute approximate surface area is 175 Å². The van der Waals surface area contributed by atoms with E-state index in [2.05, 4.69) is 14.8 Å². The van der Waals surface area contributed by atoms with Gasteiger partial charge >= 0.3 is 6.61 Å². The fraction of sp³-hybridized carbons (Fsp3) is 0.667. The van der Waals surface area contributed by atoms with Crippen LogP contribution in [0.25, 0.3) is 0 Å². The van der Waals surface area contributed by atoms with Gasteiger partial charge in [-0.1, -0.05) is 5.16 Å². The molecule has 0 bridgehead atoms. The minimum Gasteiger partial charge on any atom is -0.487 e. The molecule has 1 aromatic carbocycles. The van der Waals surface area contributed by atoms with Crippen LogP contribution in [0.1, 0.15) is 44.1 Å². The highest BCUT2D eigenvalue weighted by molar-refractivity contribution is 5.80. The Bertz CT molecular complexity index is 677. The zero-order chi connectivity index (χ0) is 21.3. The molecule has 30 heavy (non-hydrogen) atoms. The van der Waals surface area contributed by atoms with Crippen LogP contribution in [0.2, 0.25) is 0 Å². The molecule has 1 aromatic rings. The second kappa shape index (κ2) is 11.4. The number of likely N-dealkylation sites (tertiary alicyclic amines) is 1. The molecule has 2 N–H and O–H groups in total. The SMILES string of the molecule is OC1CCN(CC(O)CO/N=C/c2ccc(OC(F)F)c(OC3CCCC3)c2)CC1. The van der Waals surface area contributed by atoms with Crippen molar-refractivity contribution in [1.29, 1.82) is 0 Å². The summed E-state index contributed by atoms with van der Waals surface area (Å²) in [4.78, 5) is 7.26. The van der Waals surface area contributed by atoms with Crippen LogP contribution in [0.5, 0.6) is 11.5 Å². The number of ether oxygens (including phenoxy) is 2. The lowest BCUT2D eigenvalue weighted by Crippen LogP contribution is -2.41. The fourth-order valence-corrected chi connectivity index (χ4v) is 3.76. The summed E-state index contributed by atoms with van der Waals surface area (Å²) in [6.07, 6.45) is 5.82. The van der Waals surface area contributed by atoms with Crippen LogP contribution in [-0.2, 0) is 4.84 Å². The van der Waals surface area contributed by atoms with Crippen molar-refractivity contribution in [1.82, 2.24) is 4.90 Å². The smallest absolute Gasteiger partial charge is 0.387 e. The largest absolute Gasteiger partial charge is 0.487 e. The van der Waals surface area contributed by atoms with Crippen LogP contribution in [0.15, 0.2) is 23.4 Å². The highest BCUT2D eigenvalue weighted by Gasteiger charge is 2.21. The Balaban J connectivity index is 1.50. The fourth-order valence-electron chi connectivity index (χ4n) is 3.76. The number of nitrogens with zero attached hydrogens (tertiary/aromatic N) is 2. The van der Waals surface area contributed by atoms with E-state index in [1.165, 1.54) is 12.3 Å². The van der Waals surface area contributed by atoms with Gasteiger partial charge in [0.15, 0.2) is 11.5 Å². The van der Waals surface area contributed by atoms with Crippen LogP contribution in [-0.4, -0.2) is 72.5 Å². The van der Waals surface area contributed by atoms with E-state index in [-0.39, 0.29) is 30.3 Å². The number of halogens is 2. The molecule has 1 aliphatic carbocycles. The number of aliphatic hydroxyl groups excluding tert-OH is 2. The van der Waals surface area contributed by atoms with Crippen molar-refractivity contribution in [3.63, 3.8) is 0 Å². The standard InChI is InChI=1S/C21H30F2N2O5/c22-21(23)30-19-6-5-15(11-20(19)29-18-3-1-2-4-18)12-24-28-14-17(27)13-25-9-7-16(26)8-10-25/h5-6,11-12,16-18,21,26-27H,1-4,7-10,13-14H2/b24-12+. The predicted molar refractivity (Wildman–Crippen MR) is 107 cm³/mol. The van der Waals surface area contributed by atoms with Crippen LogP contribution in [0, 0.1) is 0 Å². The van der Waals surface area contributed by atoms with E-state index in [1.54, 1.807) is 12.1 Å². The molecule has 0 spiro atoms. The van der Waals surface area contributed by atoms with E-state index >= 15 is 0 Å². The molecule has 1 unspecified atom stereocenters. The third-order valence-corrected chi connectivity index (χ3v) is 5.35. The molecular weight excluding hydrogens is 398 g/mol. The number of rotatable bonds is 10. The first-order valence-electron chi connectivity index (χ1n) is 10.5. The summed E-state index contributed by atoms with van der Waals surface area (Å²) in [5, 5.41) is 23.5. The van der Waals surface area contributed by atoms with Crippen molar-refractivity contribution in [3.8, 4) is 11.5 Å². The maximum atomic E-state index is 12.7. The molecule has 0 radical (unpaired) electrons. The second-order valence-electron chi connectivity index (χ2n) is 7.82. The first kappa shape index (κ1) is 22.7. The molecule has 1 aliphatic heterocycles. The molecule has 168 valence electrons. The van der Waals surface area contributed by atoms with Gasteiger partial charge in [-0.25, -0.2) is 0 Å². The average Bonchev–Trinajstić information content (AvgIpc) is 3.22. The summed E-state index contributed by atoms with van der Waals surface area (Å²) in [6, 6.07) is 4.61. The highest BCUT2D eigenvalue weighted by atomic mass is 19.3. The lowest BCUT2D eigenvalue weighted by Gasteiger charge is -2.30. The Hall–Kier alpha value is -1.97. The van der Waals surface area contributed by atoms with E-state index in [0.717, 1.165) is 38.8 Å². The number of benzene rings is 1. The van der Waals surface area contributed by atoms with Gasteiger partial charge in [0.1, 0.15) is 12.7 Å². The van der Waals surface area contributed by atoms with Gasteiger partial charge in [0.05, 0.1) is 18.4 Å². The number of hydrogen-bond acceptors (Lipinski definition) is 7. The zero-order valence-corrected chi connectivity index (χ0v) is 17.0. The highest BCUT2D eigenvalue weighted by Crippen LogP contribution is 2.33. The Morgan fingerprint density at radius 1 is 1.13 bits per heavy atom. The summed E-state index contributed by atoms with van der Waals surface area (Å²) >= 11 is 0. The van der Waals surface area contributed by atoms with E-state index < -0.39 is 12.7 Å². The van der Waals surface area contributed by atoms with Gasteiger partial charge < -0.3 is 29.4 Å². The molecule has 1 heterocycles. The van der Waals surface area contributed by atoms with E-state index in [9.17, 15) is 19.0 Å². The van der Waals surface area contributed by atoms with Crippen LogP contribution in [0.3, 0.4) is 0 Å². The summed E-state index contributed by atoms with van der Waals surface area (Å²) in [5.74, 6) is 0.260. The van der Waals surface area contributed by atoms with Gasteiger partial charge in [0.25, 0.3) is 0 Å². The molecule has 2 fully saturated rings. The third-order valence-electron chi connectivity index (χ3n) is 5.35. The van der Waals surface area contributed by atoms with Gasteiger partial charge in [-0.3, -0.25) is 0 Å². The minimum atomic E-state index is -2.93. The second-order valence-corrected chi connectivity index (χ2v) is 7.82. The summed E-state index contributed by atoms with van der Waals surface area (Å²) in [5.41, 5.74) is 0.615. The molecular formula is C21H30F2N2O5. The first-order chi connectivity index (χ1) is 14.5. The van der Waals surface area contributed by atoms with Crippen molar-refractivity contribution in [3.05, 3.63) is 23.8 Å². The topological polar surface area (TPSA) is 83.8 Å². The molecule has 7 nitrogen and oxygen atoms in total. The Morgan fingerprint density at radius 3 is 2.57 bits per heavy atom. The van der Waals surface area contributed by atoms with Crippen LogP contribution < -0.4 is 9.47 Å². The molecule has 2 aliphatic rings. The molecule has 1 saturated heterocycles. The Kier molecular flexibility index (Phi) is 8.65. The molecule has 1 atom stereocenters. The van der Waals surface area contributed by atoms with Crippen molar-refractivity contribution >= 4 is 6.21 Å². The van der Waals surface area contributed by atoms with E-state index in [1.807, 2.05) is 0 Å². The van der Waals surface area contributed by atoms with Gasteiger partial charge in [0, 0.05) is 25.2 Å². The van der Waals surface area contributed by atoms with E-state index in [0.29, 0.717) is 24.9 Å². The summed E-state index contributed by atoms with van der Waals surface area (Å²) in [6.45, 7) is -0.936. The lowest BCUT2D eigenvalue weighted by atomic mass is 10.1. The van der Waals surface area contributed by atoms with Gasteiger partial charge in [-0.15, -0.1) is 0 Å². The Morgan fingerprint density at radius 2 is 1.87 bits per heavy atom. The van der Waals surface area contributed by atoms with Gasteiger partial charge in [0.2, 0.25) is 0 Å². The first-order valence-corrected chi connectivity index (χ1v) is 10.5. The van der Waals surface area contributed by atoms with Crippen molar-refractivity contribution in [2.24, 2.45) is 5.16 Å². The minimum absolute atomic E-state index is 0.000455. The maximum absolute atomic E-state index is 12.7. The van der Waals surface area contributed by atoms with Gasteiger partial charge in [-0.2, -0.15) is 8.78 Å². The predicted octanol–water partition coefficient (Wildman–Crippen LogP) is 2.78. The molecule has 3 rings (SSSR count). The van der Waals surface area contributed by atoms with Crippen molar-refractivity contribution in [2.45, 2.75) is 63.4 Å². The number of hydrogen-bond donors (Lipinski definition) is 2. The van der Waals surface area contributed by atoms with Crippen molar-refractivity contribution in [2.75, 3.05) is 26.2 Å². The zero-order valence-electron chi connectivity index (χ0n) is 17.0. The van der Waals surface area contributed by atoms with Crippen LogP contribution >= 0.6 is 0 Å². The van der Waals surface area contributed by atoms with Crippen LogP contribution in [0.4, 0.5) is 8.78 Å². The number of oxime groups is 1. The molecule has 0 aromatic heterocycles. The number of piperidine rings is 1. The molecule has 1 saturated carbocycles. The lowest BCUT2D eigenvalue weighted by molar-refractivity contribution is -0.0520. The number of aliphatic hydroxyl groups is 2.